The van der Waals surface area contributed by atoms with E-state index in [1.807, 2.05) is 0 Å². The van der Waals surface area contributed by atoms with Crippen molar-refractivity contribution in [2.24, 2.45) is 35.3 Å². The van der Waals surface area contributed by atoms with Gasteiger partial charge in [-0.15, -0.1) is 0 Å². The molecule has 0 aromatic rings. The Kier molecular flexibility index (Phi) is 3.47. The lowest BCUT2D eigenvalue weighted by Gasteiger charge is -2.56. The van der Waals surface area contributed by atoms with Crippen LogP contribution < -0.4 is 5.73 Å². The third kappa shape index (κ3) is 2.28. The average Bonchev–Trinajstić information content (AvgIpc) is 2.25. The van der Waals surface area contributed by atoms with E-state index >= 15 is 0 Å². The summed E-state index contributed by atoms with van der Waals surface area (Å²) in [5.41, 5.74) is 6.08. The highest BCUT2D eigenvalue weighted by Gasteiger charge is 2.50. The fourth-order valence-corrected chi connectivity index (χ4v) is 6.66. The molecule has 2 N–H and O–H groups in total. The summed E-state index contributed by atoms with van der Waals surface area (Å²) in [5.74, 6) is 5.21. The molecule has 0 spiro atoms. The SMILES string of the molecule is CC(C)SC(CN)C1C2CC3CC(C2)CC1C3. The van der Waals surface area contributed by atoms with Crippen molar-refractivity contribution in [3.8, 4) is 0 Å². The third-order valence-corrected chi connectivity index (χ3v) is 6.81. The highest BCUT2D eigenvalue weighted by Crippen LogP contribution is 2.58. The maximum atomic E-state index is 6.08. The van der Waals surface area contributed by atoms with E-state index in [1.165, 1.54) is 25.7 Å². The topological polar surface area (TPSA) is 26.0 Å². The van der Waals surface area contributed by atoms with Gasteiger partial charge in [-0.2, -0.15) is 11.8 Å². The molecule has 17 heavy (non-hydrogen) atoms. The fourth-order valence-electron chi connectivity index (χ4n) is 5.23. The number of rotatable bonds is 4. The van der Waals surface area contributed by atoms with Crippen LogP contribution in [0.25, 0.3) is 0 Å². The first kappa shape index (κ1) is 12.3. The molecule has 4 fully saturated rings. The van der Waals surface area contributed by atoms with Crippen LogP contribution in [0.2, 0.25) is 0 Å². The van der Waals surface area contributed by atoms with Gasteiger partial charge in [-0.1, -0.05) is 13.8 Å². The molecule has 4 aliphatic carbocycles. The molecule has 4 saturated carbocycles. The minimum absolute atomic E-state index is 0.737. The van der Waals surface area contributed by atoms with Crippen LogP contribution in [0.4, 0.5) is 0 Å². The summed E-state index contributed by atoms with van der Waals surface area (Å²) in [5, 5.41) is 1.48. The van der Waals surface area contributed by atoms with Crippen molar-refractivity contribution in [2.45, 2.75) is 56.5 Å². The molecule has 1 nitrogen and oxygen atoms in total. The molecular formula is C15H27NS. The number of thioether (sulfide) groups is 1. The third-order valence-electron chi connectivity index (χ3n) is 5.41. The average molecular weight is 253 g/mol. The van der Waals surface area contributed by atoms with Gasteiger partial charge in [0, 0.05) is 11.8 Å². The molecule has 4 bridgehead atoms. The first-order valence-corrected chi connectivity index (χ1v) is 8.47. The number of nitrogens with two attached hydrogens (primary N) is 1. The summed E-state index contributed by atoms with van der Waals surface area (Å²) >= 11 is 2.15. The van der Waals surface area contributed by atoms with Crippen molar-refractivity contribution in [2.75, 3.05) is 6.54 Å². The first-order valence-electron chi connectivity index (χ1n) is 7.53. The zero-order valence-corrected chi connectivity index (χ0v) is 12.1. The number of hydrogen-bond acceptors (Lipinski definition) is 2. The van der Waals surface area contributed by atoms with Crippen LogP contribution in [0, 0.1) is 29.6 Å². The normalized spacial score (nSPS) is 45.5. The van der Waals surface area contributed by atoms with Crippen molar-refractivity contribution >= 4 is 11.8 Å². The molecule has 4 rings (SSSR count). The Hall–Kier alpha value is 0.310. The van der Waals surface area contributed by atoms with E-state index in [9.17, 15) is 0 Å². The Labute approximate surface area is 110 Å². The lowest BCUT2D eigenvalue weighted by Crippen LogP contribution is -2.50. The van der Waals surface area contributed by atoms with E-state index in [2.05, 4.69) is 25.6 Å². The smallest absolute Gasteiger partial charge is 0.0206 e. The highest BCUT2D eigenvalue weighted by atomic mass is 32.2. The predicted octanol–water partition coefficient (Wildman–Crippen LogP) is 3.53. The molecule has 0 saturated heterocycles. The van der Waals surface area contributed by atoms with E-state index in [-0.39, 0.29) is 0 Å². The van der Waals surface area contributed by atoms with Crippen LogP contribution in [-0.2, 0) is 0 Å². The molecule has 0 aliphatic heterocycles. The van der Waals surface area contributed by atoms with E-state index in [0.717, 1.165) is 46.6 Å². The van der Waals surface area contributed by atoms with Gasteiger partial charge in [0.1, 0.15) is 0 Å². The summed E-state index contributed by atoms with van der Waals surface area (Å²) in [7, 11) is 0. The van der Waals surface area contributed by atoms with Crippen LogP contribution in [0.5, 0.6) is 0 Å². The van der Waals surface area contributed by atoms with Crippen molar-refractivity contribution in [1.82, 2.24) is 0 Å². The molecule has 0 radical (unpaired) electrons. The molecule has 4 aliphatic rings. The monoisotopic (exact) mass is 253 g/mol. The predicted molar refractivity (Wildman–Crippen MR) is 76.1 cm³/mol. The largest absolute Gasteiger partial charge is 0.329 e. The quantitative estimate of drug-likeness (QED) is 0.829. The van der Waals surface area contributed by atoms with Gasteiger partial charge in [0.15, 0.2) is 0 Å². The standard InChI is InChI=1S/C15H27NS/c1-9(2)17-14(8-16)15-12-4-10-3-11(6-12)7-13(15)5-10/h9-15H,3-8,16H2,1-2H3. The second-order valence-corrected chi connectivity index (χ2v) is 8.79. The minimum atomic E-state index is 0.737. The van der Waals surface area contributed by atoms with Crippen molar-refractivity contribution in [3.63, 3.8) is 0 Å². The van der Waals surface area contributed by atoms with E-state index in [1.54, 1.807) is 6.42 Å². The molecule has 1 atom stereocenters. The van der Waals surface area contributed by atoms with Crippen LogP contribution in [0.1, 0.15) is 46.0 Å². The Bertz CT molecular complexity index is 248. The fraction of sp³-hybridized carbons (Fsp3) is 1.00. The lowest BCUT2D eigenvalue weighted by molar-refractivity contribution is -0.0360. The molecule has 2 heteroatoms. The lowest BCUT2D eigenvalue weighted by atomic mass is 9.51. The maximum absolute atomic E-state index is 6.08. The second kappa shape index (κ2) is 4.77. The Balaban J connectivity index is 1.74. The zero-order chi connectivity index (χ0) is 12.0. The molecule has 0 amide bonds. The van der Waals surface area contributed by atoms with Crippen molar-refractivity contribution in [3.05, 3.63) is 0 Å². The van der Waals surface area contributed by atoms with Gasteiger partial charge >= 0.3 is 0 Å². The second-order valence-electron chi connectivity index (χ2n) is 6.97. The number of hydrogen-bond donors (Lipinski definition) is 1. The highest BCUT2D eigenvalue weighted by molar-refractivity contribution is 8.00. The maximum Gasteiger partial charge on any atom is 0.0206 e. The Morgan fingerprint density at radius 3 is 1.94 bits per heavy atom. The Morgan fingerprint density at radius 1 is 1.00 bits per heavy atom. The van der Waals surface area contributed by atoms with Gasteiger partial charge in [0.25, 0.3) is 0 Å². The molecule has 1 unspecified atom stereocenters. The summed E-state index contributed by atoms with van der Waals surface area (Å²) in [6.45, 7) is 5.54. The van der Waals surface area contributed by atoms with Crippen LogP contribution >= 0.6 is 11.8 Å². The first-order chi connectivity index (χ1) is 8.17. The summed E-state index contributed by atoms with van der Waals surface area (Å²) < 4.78 is 0. The van der Waals surface area contributed by atoms with Gasteiger partial charge in [0.05, 0.1) is 0 Å². The molecule has 0 aromatic carbocycles. The van der Waals surface area contributed by atoms with Gasteiger partial charge in [-0.05, 0) is 66.9 Å². The van der Waals surface area contributed by atoms with E-state index in [4.69, 9.17) is 5.73 Å². The van der Waals surface area contributed by atoms with Crippen molar-refractivity contribution < 1.29 is 0 Å². The summed E-state index contributed by atoms with van der Waals surface area (Å²) in [6, 6.07) is 0. The Morgan fingerprint density at radius 2 is 1.53 bits per heavy atom. The van der Waals surface area contributed by atoms with Gasteiger partial charge < -0.3 is 5.73 Å². The van der Waals surface area contributed by atoms with Crippen LogP contribution in [0.15, 0.2) is 0 Å². The van der Waals surface area contributed by atoms with Gasteiger partial charge in [-0.25, -0.2) is 0 Å². The molecular weight excluding hydrogens is 226 g/mol. The van der Waals surface area contributed by atoms with Gasteiger partial charge in [0.2, 0.25) is 0 Å². The van der Waals surface area contributed by atoms with E-state index < -0.39 is 0 Å². The molecule has 0 heterocycles. The summed E-state index contributed by atoms with van der Waals surface area (Å²) in [6.07, 6.45) is 7.70. The summed E-state index contributed by atoms with van der Waals surface area (Å²) in [4.78, 5) is 0. The van der Waals surface area contributed by atoms with Crippen LogP contribution in [-0.4, -0.2) is 17.0 Å². The van der Waals surface area contributed by atoms with E-state index in [0.29, 0.717) is 0 Å². The molecule has 0 aromatic heterocycles. The molecule has 98 valence electrons. The van der Waals surface area contributed by atoms with Gasteiger partial charge in [-0.3, -0.25) is 0 Å². The van der Waals surface area contributed by atoms with Crippen LogP contribution in [0.3, 0.4) is 0 Å². The minimum Gasteiger partial charge on any atom is -0.329 e. The zero-order valence-electron chi connectivity index (χ0n) is 11.3. The van der Waals surface area contributed by atoms with Crippen molar-refractivity contribution in [1.29, 1.82) is 0 Å².